The molecule has 0 unspecified atom stereocenters. The lowest BCUT2D eigenvalue weighted by atomic mass is 10.0. The Hall–Kier alpha value is -3.28. The first kappa shape index (κ1) is 18.5. The zero-order valence-corrected chi connectivity index (χ0v) is 15.5. The van der Waals surface area contributed by atoms with Crippen LogP contribution in [0.25, 0.3) is 11.5 Å². The van der Waals surface area contributed by atoms with E-state index in [1.807, 2.05) is 18.2 Å². The summed E-state index contributed by atoms with van der Waals surface area (Å²) in [5, 5.41) is 0. The number of carbonyl (C=O) groups is 1. The van der Waals surface area contributed by atoms with Crippen LogP contribution in [-0.2, 0) is 6.42 Å². The number of benzene rings is 2. The maximum absolute atomic E-state index is 12.5. The van der Waals surface area contributed by atoms with Crippen molar-refractivity contribution in [2.24, 2.45) is 0 Å². The van der Waals surface area contributed by atoms with Crippen LogP contribution in [0.3, 0.4) is 0 Å². The molecule has 3 rings (SSSR count). The molecule has 3 aromatic rings. The highest BCUT2D eigenvalue weighted by Crippen LogP contribution is 2.32. The largest absolute Gasteiger partial charge is 0.496 e. The minimum Gasteiger partial charge on any atom is -0.496 e. The van der Waals surface area contributed by atoms with Crippen molar-refractivity contribution < 1.29 is 23.4 Å². The molecule has 27 heavy (non-hydrogen) atoms. The van der Waals surface area contributed by atoms with Crippen molar-refractivity contribution in [2.45, 2.75) is 12.8 Å². The summed E-state index contributed by atoms with van der Waals surface area (Å²) in [6.07, 6.45) is 2.37. The van der Waals surface area contributed by atoms with Gasteiger partial charge in [-0.05, 0) is 30.3 Å². The molecule has 6 nitrogen and oxygen atoms in total. The summed E-state index contributed by atoms with van der Waals surface area (Å²) in [6.45, 7) is 0. The highest BCUT2D eigenvalue weighted by molar-refractivity contribution is 5.98. The third-order valence-corrected chi connectivity index (χ3v) is 4.20. The fraction of sp³-hybridized carbons (Fsp3) is 0.238. The van der Waals surface area contributed by atoms with Crippen LogP contribution in [0, 0.1) is 0 Å². The fourth-order valence-corrected chi connectivity index (χ4v) is 2.77. The lowest BCUT2D eigenvalue weighted by Gasteiger charge is -2.07. The molecule has 0 N–H and O–H groups in total. The van der Waals surface area contributed by atoms with E-state index in [2.05, 4.69) is 4.98 Å². The lowest BCUT2D eigenvalue weighted by molar-refractivity contribution is 0.0979. The average Bonchev–Trinajstić information content (AvgIpc) is 3.20. The number of para-hydroxylation sites is 1. The van der Waals surface area contributed by atoms with Crippen LogP contribution in [0.15, 0.2) is 53.1 Å². The van der Waals surface area contributed by atoms with Crippen molar-refractivity contribution in [3.05, 3.63) is 60.0 Å². The number of methoxy groups -OCH3 is 3. The minimum absolute atomic E-state index is 0.00289. The van der Waals surface area contributed by atoms with Gasteiger partial charge in [-0.15, -0.1) is 0 Å². The Labute approximate surface area is 157 Å². The number of hydrogen-bond acceptors (Lipinski definition) is 6. The molecule has 0 atom stereocenters. The van der Waals surface area contributed by atoms with E-state index in [4.69, 9.17) is 18.6 Å². The highest BCUT2D eigenvalue weighted by atomic mass is 16.5. The van der Waals surface area contributed by atoms with E-state index in [1.165, 1.54) is 0 Å². The van der Waals surface area contributed by atoms with Crippen molar-refractivity contribution in [3.8, 4) is 28.7 Å². The molecule has 140 valence electrons. The smallest absolute Gasteiger partial charge is 0.226 e. The molecule has 0 saturated heterocycles. The highest BCUT2D eigenvalue weighted by Gasteiger charge is 2.14. The maximum Gasteiger partial charge on any atom is 0.226 e. The summed E-state index contributed by atoms with van der Waals surface area (Å²) >= 11 is 0. The summed E-state index contributed by atoms with van der Waals surface area (Å²) in [4.78, 5) is 16.9. The van der Waals surface area contributed by atoms with E-state index in [9.17, 15) is 4.79 Å². The van der Waals surface area contributed by atoms with Crippen LogP contribution in [0.4, 0.5) is 0 Å². The molecule has 2 aromatic carbocycles. The number of ketones is 1. The van der Waals surface area contributed by atoms with E-state index in [-0.39, 0.29) is 5.78 Å². The Balaban J connectivity index is 1.70. The first-order chi connectivity index (χ1) is 13.2. The Morgan fingerprint density at radius 2 is 1.70 bits per heavy atom. The zero-order valence-electron chi connectivity index (χ0n) is 15.5. The van der Waals surface area contributed by atoms with Gasteiger partial charge in [0.15, 0.2) is 17.3 Å². The normalized spacial score (nSPS) is 10.5. The van der Waals surface area contributed by atoms with Crippen LogP contribution >= 0.6 is 0 Å². The maximum atomic E-state index is 12.5. The Bertz CT molecular complexity index is 932. The Kier molecular flexibility index (Phi) is 5.76. The Morgan fingerprint density at radius 1 is 0.963 bits per heavy atom. The van der Waals surface area contributed by atoms with Gasteiger partial charge in [-0.25, -0.2) is 4.98 Å². The third kappa shape index (κ3) is 4.11. The number of hydrogen-bond donors (Lipinski definition) is 0. The summed E-state index contributed by atoms with van der Waals surface area (Å²) < 4.78 is 21.3. The van der Waals surface area contributed by atoms with Gasteiger partial charge in [0.1, 0.15) is 12.0 Å². The summed E-state index contributed by atoms with van der Waals surface area (Å²) in [5.74, 6) is 2.28. The van der Waals surface area contributed by atoms with Crippen LogP contribution in [0.2, 0.25) is 0 Å². The van der Waals surface area contributed by atoms with E-state index in [0.717, 1.165) is 5.56 Å². The molecule has 6 heteroatoms. The van der Waals surface area contributed by atoms with Crippen molar-refractivity contribution in [2.75, 3.05) is 21.3 Å². The SMILES string of the molecule is COc1ccc(-c2nc(CCC(=O)c3ccccc3OC)co2)cc1OC. The second-order valence-electron chi connectivity index (χ2n) is 5.84. The summed E-state index contributed by atoms with van der Waals surface area (Å²) in [5.41, 5.74) is 2.06. The van der Waals surface area contributed by atoms with E-state index < -0.39 is 0 Å². The van der Waals surface area contributed by atoms with Crippen molar-refractivity contribution >= 4 is 5.78 Å². The molecule has 0 amide bonds. The fourth-order valence-electron chi connectivity index (χ4n) is 2.77. The van der Waals surface area contributed by atoms with Gasteiger partial charge < -0.3 is 18.6 Å². The number of oxazole rings is 1. The standard InChI is InChI=1S/C21H21NO5/c1-24-18-7-5-4-6-16(18)17(23)10-9-15-13-27-21(22-15)14-8-11-19(25-2)20(12-14)26-3/h4-8,11-13H,9-10H2,1-3H3. The van der Waals surface area contributed by atoms with Crippen LogP contribution in [0.1, 0.15) is 22.5 Å². The molecule has 0 aliphatic carbocycles. The number of ether oxygens (including phenoxy) is 3. The first-order valence-electron chi connectivity index (χ1n) is 8.49. The van der Waals surface area contributed by atoms with Gasteiger partial charge in [-0.3, -0.25) is 4.79 Å². The van der Waals surface area contributed by atoms with Gasteiger partial charge in [0.2, 0.25) is 5.89 Å². The van der Waals surface area contributed by atoms with E-state index >= 15 is 0 Å². The van der Waals surface area contributed by atoms with Gasteiger partial charge in [0.05, 0.1) is 32.6 Å². The van der Waals surface area contributed by atoms with E-state index in [0.29, 0.717) is 47.2 Å². The van der Waals surface area contributed by atoms with Crippen LogP contribution in [-0.4, -0.2) is 32.1 Å². The molecule has 0 radical (unpaired) electrons. The molecular weight excluding hydrogens is 346 g/mol. The number of Topliss-reactive ketones (excluding diaryl/α,β-unsaturated/α-hetero) is 1. The zero-order chi connectivity index (χ0) is 19.2. The van der Waals surface area contributed by atoms with Gasteiger partial charge in [-0.1, -0.05) is 12.1 Å². The number of nitrogens with zero attached hydrogens (tertiary/aromatic N) is 1. The van der Waals surface area contributed by atoms with Crippen molar-refractivity contribution in [3.63, 3.8) is 0 Å². The second kappa shape index (κ2) is 8.40. The van der Waals surface area contributed by atoms with Crippen LogP contribution < -0.4 is 14.2 Å². The molecule has 0 bridgehead atoms. The van der Waals surface area contributed by atoms with Crippen molar-refractivity contribution in [1.82, 2.24) is 4.98 Å². The molecule has 0 aliphatic heterocycles. The number of aryl methyl sites for hydroxylation is 1. The van der Waals surface area contributed by atoms with Gasteiger partial charge >= 0.3 is 0 Å². The van der Waals surface area contributed by atoms with Crippen molar-refractivity contribution in [1.29, 1.82) is 0 Å². The average molecular weight is 367 g/mol. The van der Waals surface area contributed by atoms with Crippen LogP contribution in [0.5, 0.6) is 17.2 Å². The molecule has 1 heterocycles. The molecule has 1 aromatic heterocycles. The summed E-state index contributed by atoms with van der Waals surface area (Å²) in [6, 6.07) is 12.6. The number of rotatable bonds is 8. The van der Waals surface area contributed by atoms with Gasteiger partial charge in [0, 0.05) is 18.4 Å². The third-order valence-electron chi connectivity index (χ3n) is 4.20. The topological polar surface area (TPSA) is 70.8 Å². The predicted octanol–water partition coefficient (Wildman–Crippen LogP) is 4.18. The lowest BCUT2D eigenvalue weighted by Crippen LogP contribution is -2.03. The molecule has 0 fully saturated rings. The number of carbonyl (C=O) groups excluding carboxylic acids is 1. The quantitative estimate of drug-likeness (QED) is 0.556. The second-order valence-corrected chi connectivity index (χ2v) is 5.84. The first-order valence-corrected chi connectivity index (χ1v) is 8.49. The molecule has 0 aliphatic rings. The van der Waals surface area contributed by atoms with E-state index in [1.54, 1.807) is 51.9 Å². The van der Waals surface area contributed by atoms with Gasteiger partial charge in [0.25, 0.3) is 0 Å². The summed E-state index contributed by atoms with van der Waals surface area (Å²) in [7, 11) is 4.71. The van der Waals surface area contributed by atoms with Gasteiger partial charge in [-0.2, -0.15) is 0 Å². The molecular formula is C21H21NO5. The predicted molar refractivity (Wildman–Crippen MR) is 101 cm³/mol. The monoisotopic (exact) mass is 367 g/mol. The number of aromatic nitrogens is 1. The Morgan fingerprint density at radius 3 is 2.44 bits per heavy atom. The minimum atomic E-state index is 0.00289. The molecule has 0 saturated carbocycles. The molecule has 0 spiro atoms.